The molecule has 4 rings (SSSR count). The van der Waals surface area contributed by atoms with Crippen LogP contribution in [0.15, 0.2) is 49.1 Å². The quantitative estimate of drug-likeness (QED) is 0.446. The second-order valence-electron chi connectivity index (χ2n) is 6.93. The fourth-order valence-electron chi connectivity index (χ4n) is 3.49. The van der Waals surface area contributed by atoms with Crippen molar-refractivity contribution in [2.45, 2.75) is 19.8 Å². The molecule has 9 heteroatoms. The summed E-state index contributed by atoms with van der Waals surface area (Å²) in [7, 11) is 1.62. The highest BCUT2D eigenvalue weighted by Crippen LogP contribution is 2.34. The molecule has 0 saturated carbocycles. The van der Waals surface area contributed by atoms with Gasteiger partial charge >= 0.3 is 0 Å². The molecule has 0 fully saturated rings. The van der Waals surface area contributed by atoms with Crippen LogP contribution in [0.3, 0.4) is 0 Å². The Balaban J connectivity index is 1.73. The predicted molar refractivity (Wildman–Crippen MR) is 115 cm³/mol. The van der Waals surface area contributed by atoms with Crippen molar-refractivity contribution in [3.05, 3.63) is 49.1 Å². The summed E-state index contributed by atoms with van der Waals surface area (Å²) in [6.07, 6.45) is 2.30. The van der Waals surface area contributed by atoms with E-state index in [0.717, 1.165) is 27.8 Å². The van der Waals surface area contributed by atoms with Crippen molar-refractivity contribution in [2.75, 3.05) is 25.1 Å². The zero-order valence-electron chi connectivity index (χ0n) is 17.2. The lowest BCUT2D eigenvalue weighted by molar-refractivity contribution is 0.140. The fourth-order valence-corrected chi connectivity index (χ4v) is 3.49. The molecule has 0 aliphatic heterocycles. The minimum atomic E-state index is -2.35. The summed E-state index contributed by atoms with van der Waals surface area (Å²) in [6, 6.07) is 9.51. The highest BCUT2D eigenvalue weighted by Gasteiger charge is 2.16. The number of halogens is 2. The Kier molecular flexibility index (Phi) is 6.01. The van der Waals surface area contributed by atoms with Crippen LogP contribution in [-0.2, 0) is 0 Å². The number of hydrogen-bond donors (Lipinski definition) is 1. The van der Waals surface area contributed by atoms with E-state index in [-0.39, 0.29) is 13.0 Å². The third-order valence-corrected chi connectivity index (χ3v) is 5.09. The number of benzene rings is 1. The minimum absolute atomic E-state index is 0.213. The lowest BCUT2D eigenvalue weighted by Gasteiger charge is -2.21. The summed E-state index contributed by atoms with van der Waals surface area (Å²) < 4.78 is 30.8. The molecule has 0 aliphatic carbocycles. The van der Waals surface area contributed by atoms with Crippen LogP contribution in [0.4, 0.5) is 14.6 Å². The van der Waals surface area contributed by atoms with E-state index in [9.17, 15) is 8.78 Å². The maximum Gasteiger partial charge on any atom is 0.240 e. The van der Waals surface area contributed by atoms with Gasteiger partial charge in [0.25, 0.3) is 0 Å². The number of nitrogens with one attached hydrogen (secondary N) is 1. The number of nitrogens with zero attached hydrogens (tertiary/aromatic N) is 5. The zero-order valence-corrected chi connectivity index (χ0v) is 17.2. The van der Waals surface area contributed by atoms with Crippen LogP contribution in [0, 0.1) is 0 Å². The van der Waals surface area contributed by atoms with Gasteiger partial charge in [-0.15, -0.1) is 0 Å². The average molecular weight is 424 g/mol. The molecule has 0 aliphatic rings. The number of aromatic amines is 1. The third kappa shape index (κ3) is 4.30. The second kappa shape index (κ2) is 9.03. The molecular formula is C22H22F2N6O. The Morgan fingerprint density at radius 2 is 2.03 bits per heavy atom. The fraction of sp³-hybridized carbons (Fsp3) is 0.273. The molecule has 0 amide bonds. The number of rotatable bonds is 8. The van der Waals surface area contributed by atoms with Crippen molar-refractivity contribution in [1.29, 1.82) is 0 Å². The number of anilines is 1. The molecule has 0 atom stereocenters. The molecule has 3 aromatic heterocycles. The van der Waals surface area contributed by atoms with E-state index in [1.807, 2.05) is 31.2 Å². The van der Waals surface area contributed by atoms with Crippen LogP contribution in [0.2, 0.25) is 0 Å². The first-order valence-electron chi connectivity index (χ1n) is 9.92. The van der Waals surface area contributed by atoms with Gasteiger partial charge in [-0.1, -0.05) is 6.07 Å². The first-order valence-corrected chi connectivity index (χ1v) is 9.92. The van der Waals surface area contributed by atoms with Crippen LogP contribution in [0.1, 0.15) is 13.3 Å². The van der Waals surface area contributed by atoms with Gasteiger partial charge in [-0.2, -0.15) is 5.10 Å². The van der Waals surface area contributed by atoms with Gasteiger partial charge in [-0.25, -0.2) is 18.7 Å². The van der Waals surface area contributed by atoms with Crippen molar-refractivity contribution in [3.8, 4) is 28.3 Å². The smallest absolute Gasteiger partial charge is 0.240 e. The molecule has 1 aromatic carbocycles. The van der Waals surface area contributed by atoms with Gasteiger partial charge in [0, 0.05) is 48.9 Å². The Morgan fingerprint density at radius 1 is 1.16 bits per heavy atom. The molecule has 0 unspecified atom stereocenters. The van der Waals surface area contributed by atoms with Crippen LogP contribution in [0.5, 0.6) is 5.75 Å². The van der Waals surface area contributed by atoms with Crippen molar-refractivity contribution in [2.24, 2.45) is 0 Å². The molecule has 4 aromatic rings. The lowest BCUT2D eigenvalue weighted by atomic mass is 10.0. The van der Waals surface area contributed by atoms with Gasteiger partial charge in [0.2, 0.25) is 6.43 Å². The van der Waals surface area contributed by atoms with Gasteiger partial charge in [0.05, 0.1) is 18.3 Å². The molecule has 0 bridgehead atoms. The highest BCUT2D eigenvalue weighted by molar-refractivity contribution is 5.95. The molecule has 7 nitrogen and oxygen atoms in total. The monoisotopic (exact) mass is 424 g/mol. The van der Waals surface area contributed by atoms with Crippen LogP contribution >= 0.6 is 0 Å². The number of ether oxygens (including phenoxy) is 1. The lowest BCUT2D eigenvalue weighted by Crippen LogP contribution is -2.26. The van der Waals surface area contributed by atoms with E-state index in [2.05, 4.69) is 25.1 Å². The van der Waals surface area contributed by atoms with Gasteiger partial charge in [-0.3, -0.25) is 10.1 Å². The predicted octanol–water partition coefficient (Wildman–Crippen LogP) is 4.57. The highest BCUT2D eigenvalue weighted by atomic mass is 19.3. The molecule has 0 radical (unpaired) electrons. The van der Waals surface area contributed by atoms with Gasteiger partial charge in [0.1, 0.15) is 23.6 Å². The molecule has 0 saturated heterocycles. The van der Waals surface area contributed by atoms with E-state index in [1.54, 1.807) is 30.5 Å². The van der Waals surface area contributed by atoms with Crippen LogP contribution < -0.4 is 9.64 Å². The molecule has 31 heavy (non-hydrogen) atoms. The Labute approximate surface area is 178 Å². The standard InChI is InChI=1S/C22H22F2N6O/c1-3-30(9-7-20(23)24)21-11-18(26-13-27-21)22-15-10-14(4-5-17(15)28-29-22)16-12-25-8-6-19(16)31-2/h4-6,8,10-13,20H,3,7,9H2,1-2H3,(H,28,29). The topological polar surface area (TPSA) is 79.8 Å². The summed E-state index contributed by atoms with van der Waals surface area (Å²) in [6.45, 7) is 2.69. The summed E-state index contributed by atoms with van der Waals surface area (Å²) in [4.78, 5) is 14.7. The summed E-state index contributed by atoms with van der Waals surface area (Å²) >= 11 is 0. The molecule has 0 spiro atoms. The average Bonchev–Trinajstić information content (AvgIpc) is 3.23. The Hall–Kier alpha value is -3.62. The number of aromatic nitrogens is 5. The SMILES string of the molecule is CCN(CCC(F)F)c1cc(-c2n[nH]c3ccc(-c4cnccc4OC)cc23)ncn1. The molecule has 1 N–H and O–H groups in total. The van der Waals surface area contributed by atoms with Crippen molar-refractivity contribution >= 4 is 16.7 Å². The van der Waals surface area contributed by atoms with E-state index in [0.29, 0.717) is 23.8 Å². The van der Waals surface area contributed by atoms with Gasteiger partial charge in [-0.05, 0) is 30.7 Å². The van der Waals surface area contributed by atoms with Crippen LogP contribution in [-0.4, -0.2) is 51.8 Å². The number of pyridine rings is 1. The maximum absolute atomic E-state index is 12.7. The first-order chi connectivity index (χ1) is 15.1. The number of H-pyrrole nitrogens is 1. The van der Waals surface area contributed by atoms with E-state index >= 15 is 0 Å². The van der Waals surface area contributed by atoms with Crippen LogP contribution in [0.25, 0.3) is 33.4 Å². The van der Waals surface area contributed by atoms with Crippen molar-refractivity contribution in [3.63, 3.8) is 0 Å². The van der Waals surface area contributed by atoms with E-state index in [1.165, 1.54) is 6.33 Å². The maximum atomic E-state index is 12.7. The second-order valence-corrected chi connectivity index (χ2v) is 6.93. The molecule has 3 heterocycles. The number of alkyl halides is 2. The largest absolute Gasteiger partial charge is 0.496 e. The zero-order chi connectivity index (χ0) is 21.8. The molecular weight excluding hydrogens is 402 g/mol. The summed E-state index contributed by atoms with van der Waals surface area (Å²) in [5.74, 6) is 1.32. The number of methoxy groups -OCH3 is 1. The van der Waals surface area contributed by atoms with Gasteiger partial charge < -0.3 is 9.64 Å². The Bertz CT molecular complexity index is 1180. The Morgan fingerprint density at radius 3 is 2.81 bits per heavy atom. The summed E-state index contributed by atoms with van der Waals surface area (Å²) in [5.41, 5.74) is 3.93. The van der Waals surface area contributed by atoms with Crippen molar-refractivity contribution in [1.82, 2.24) is 25.1 Å². The van der Waals surface area contributed by atoms with E-state index in [4.69, 9.17) is 4.74 Å². The van der Waals surface area contributed by atoms with Gasteiger partial charge in [0.15, 0.2) is 0 Å². The summed E-state index contributed by atoms with van der Waals surface area (Å²) in [5, 5.41) is 8.35. The number of hydrogen-bond acceptors (Lipinski definition) is 6. The van der Waals surface area contributed by atoms with E-state index < -0.39 is 6.43 Å². The molecule has 160 valence electrons. The van der Waals surface area contributed by atoms with Crippen molar-refractivity contribution < 1.29 is 13.5 Å². The minimum Gasteiger partial charge on any atom is -0.496 e. The first kappa shape index (κ1) is 20.6. The normalized spacial score (nSPS) is 11.3. The third-order valence-electron chi connectivity index (χ3n) is 5.09. The number of fused-ring (bicyclic) bond motifs is 1.